The molecule has 0 atom stereocenters. The van der Waals surface area contributed by atoms with E-state index in [2.05, 4.69) is 61.9 Å². The van der Waals surface area contributed by atoms with Gasteiger partial charge < -0.3 is 10.1 Å². The van der Waals surface area contributed by atoms with E-state index in [1.807, 2.05) is 0 Å². The van der Waals surface area contributed by atoms with Crippen molar-refractivity contribution in [2.45, 2.75) is 51.7 Å². The fraction of sp³-hybridized carbons (Fsp3) is 0.714. The number of hydrogen-bond donors (Lipinski definition) is 1. The number of nitrogens with one attached hydrogen (secondary N) is 1. The van der Waals surface area contributed by atoms with E-state index in [-0.39, 0.29) is 5.91 Å². The van der Waals surface area contributed by atoms with Crippen LogP contribution in [0.4, 0.5) is 5.82 Å². The Hall–Kier alpha value is -0.183. The Labute approximate surface area is 150 Å². The Morgan fingerprint density at radius 2 is 2.14 bits per heavy atom. The zero-order valence-corrected chi connectivity index (χ0v) is 17.7. The molecule has 0 unspecified atom stereocenters. The minimum atomic E-state index is -1.09. The third kappa shape index (κ3) is 8.45. The van der Waals surface area contributed by atoms with Crippen LogP contribution in [0, 0.1) is 0 Å². The first-order valence-electron chi connectivity index (χ1n) is 7.49. The van der Waals surface area contributed by atoms with Crippen molar-refractivity contribution < 1.29 is 9.53 Å². The van der Waals surface area contributed by atoms with Crippen LogP contribution in [0.25, 0.3) is 0 Å². The van der Waals surface area contributed by atoms with Gasteiger partial charge in [0, 0.05) is 32.5 Å². The SMILES string of the molecule is C[Si](C)(C)CCOCn1nc(Br)cc1NC(=O)CCCCBr. The predicted octanol–water partition coefficient (Wildman–Crippen LogP) is 4.46. The summed E-state index contributed by atoms with van der Waals surface area (Å²) in [5.41, 5.74) is 0. The van der Waals surface area contributed by atoms with E-state index in [0.717, 1.165) is 30.8 Å². The molecular formula is C14H25Br2N3O2Si. The molecule has 1 rings (SSSR count). The molecule has 22 heavy (non-hydrogen) atoms. The standard InChI is InChI=1S/C14H25Br2N3O2Si/c1-22(2,3)9-8-21-11-19-13(10-12(16)18-19)17-14(20)6-4-5-7-15/h10H,4-9,11H2,1-3H3,(H,17,20). The molecule has 126 valence electrons. The second-order valence-corrected chi connectivity index (χ2v) is 13.6. The molecule has 0 aliphatic carbocycles. The topological polar surface area (TPSA) is 56.1 Å². The number of nitrogens with zero attached hydrogens (tertiary/aromatic N) is 2. The van der Waals surface area contributed by atoms with Crippen LogP contribution in [0.2, 0.25) is 25.7 Å². The highest BCUT2D eigenvalue weighted by Crippen LogP contribution is 2.17. The Kier molecular flexibility index (Phi) is 8.89. The summed E-state index contributed by atoms with van der Waals surface area (Å²) in [5.74, 6) is 0.681. The van der Waals surface area contributed by atoms with Crippen LogP contribution in [0.5, 0.6) is 0 Å². The predicted molar refractivity (Wildman–Crippen MR) is 100 cm³/mol. The number of carbonyl (C=O) groups excluding carboxylic acids is 1. The van der Waals surface area contributed by atoms with Crippen molar-refractivity contribution in [1.82, 2.24) is 9.78 Å². The van der Waals surface area contributed by atoms with Crippen LogP contribution < -0.4 is 5.32 Å². The molecular weight excluding hydrogens is 430 g/mol. The maximum atomic E-state index is 11.9. The lowest BCUT2D eigenvalue weighted by Crippen LogP contribution is -2.22. The van der Waals surface area contributed by atoms with E-state index < -0.39 is 8.07 Å². The molecule has 1 heterocycles. The van der Waals surface area contributed by atoms with Gasteiger partial charge in [-0.1, -0.05) is 35.6 Å². The van der Waals surface area contributed by atoms with Crippen LogP contribution in [-0.2, 0) is 16.3 Å². The summed E-state index contributed by atoms with van der Waals surface area (Å²) in [4.78, 5) is 11.9. The summed E-state index contributed by atoms with van der Waals surface area (Å²) in [7, 11) is -1.09. The van der Waals surface area contributed by atoms with Crippen molar-refractivity contribution in [3.8, 4) is 0 Å². The van der Waals surface area contributed by atoms with Gasteiger partial charge >= 0.3 is 0 Å². The highest BCUT2D eigenvalue weighted by atomic mass is 79.9. The van der Waals surface area contributed by atoms with E-state index in [9.17, 15) is 4.79 Å². The highest BCUT2D eigenvalue weighted by Gasteiger charge is 2.13. The van der Waals surface area contributed by atoms with Gasteiger partial charge in [-0.25, -0.2) is 4.68 Å². The van der Waals surface area contributed by atoms with Gasteiger partial charge in [-0.2, -0.15) is 5.10 Å². The van der Waals surface area contributed by atoms with Gasteiger partial charge in [-0.15, -0.1) is 0 Å². The molecule has 1 N–H and O–H groups in total. The van der Waals surface area contributed by atoms with Gasteiger partial charge in [0.15, 0.2) is 0 Å². The first kappa shape index (κ1) is 19.9. The van der Waals surface area contributed by atoms with Crippen molar-refractivity contribution in [3.63, 3.8) is 0 Å². The molecule has 1 aromatic rings. The number of unbranched alkanes of at least 4 members (excludes halogenated alkanes) is 1. The van der Waals surface area contributed by atoms with E-state index in [4.69, 9.17) is 4.74 Å². The molecule has 0 radical (unpaired) electrons. The van der Waals surface area contributed by atoms with E-state index in [0.29, 0.717) is 23.6 Å². The lowest BCUT2D eigenvalue weighted by atomic mass is 10.2. The average Bonchev–Trinajstić information content (AvgIpc) is 2.74. The lowest BCUT2D eigenvalue weighted by Gasteiger charge is -2.16. The zero-order valence-electron chi connectivity index (χ0n) is 13.5. The summed E-state index contributed by atoms with van der Waals surface area (Å²) in [6, 6.07) is 2.91. The molecule has 0 aliphatic heterocycles. The van der Waals surface area contributed by atoms with Crippen LogP contribution in [0.1, 0.15) is 19.3 Å². The summed E-state index contributed by atoms with van der Waals surface area (Å²) in [5, 5.41) is 8.11. The molecule has 1 aromatic heterocycles. The molecule has 1 amide bonds. The zero-order chi connectivity index (χ0) is 16.6. The molecule has 8 heteroatoms. The van der Waals surface area contributed by atoms with E-state index >= 15 is 0 Å². The van der Waals surface area contributed by atoms with Crippen molar-refractivity contribution >= 4 is 51.7 Å². The number of aromatic nitrogens is 2. The second-order valence-electron chi connectivity index (χ2n) is 6.39. The molecule has 0 bridgehead atoms. The molecule has 0 aromatic carbocycles. The molecule has 0 spiro atoms. The Bertz CT molecular complexity index is 475. The number of amides is 1. The highest BCUT2D eigenvalue weighted by molar-refractivity contribution is 9.10. The normalized spacial score (nSPS) is 11.7. The van der Waals surface area contributed by atoms with Crippen LogP contribution >= 0.6 is 31.9 Å². The average molecular weight is 455 g/mol. The Morgan fingerprint density at radius 1 is 1.41 bits per heavy atom. The maximum absolute atomic E-state index is 11.9. The number of ether oxygens (including phenoxy) is 1. The lowest BCUT2D eigenvalue weighted by molar-refractivity contribution is -0.116. The second kappa shape index (κ2) is 9.84. The van der Waals surface area contributed by atoms with Gasteiger partial charge in [0.05, 0.1) is 0 Å². The smallest absolute Gasteiger partial charge is 0.225 e. The number of alkyl halides is 1. The Balaban J connectivity index is 2.46. The first-order valence-corrected chi connectivity index (χ1v) is 13.1. The Morgan fingerprint density at radius 3 is 2.77 bits per heavy atom. The van der Waals surface area contributed by atoms with Crippen LogP contribution in [0.3, 0.4) is 0 Å². The first-order chi connectivity index (χ1) is 10.3. The van der Waals surface area contributed by atoms with E-state index in [1.165, 1.54) is 0 Å². The molecule has 0 aliphatic rings. The fourth-order valence-corrected chi connectivity index (χ4v) is 3.26. The number of anilines is 1. The van der Waals surface area contributed by atoms with Crippen molar-refractivity contribution in [2.75, 3.05) is 17.3 Å². The fourth-order valence-electron chi connectivity index (χ4n) is 1.70. The van der Waals surface area contributed by atoms with Crippen LogP contribution in [-0.4, -0.2) is 35.7 Å². The number of halogens is 2. The van der Waals surface area contributed by atoms with Gasteiger partial charge in [0.2, 0.25) is 5.91 Å². The van der Waals surface area contributed by atoms with Crippen molar-refractivity contribution in [2.24, 2.45) is 0 Å². The summed E-state index contributed by atoms with van der Waals surface area (Å²) in [6.45, 7) is 8.04. The monoisotopic (exact) mass is 453 g/mol. The summed E-state index contributed by atoms with van der Waals surface area (Å²) >= 11 is 6.70. The maximum Gasteiger partial charge on any atom is 0.225 e. The van der Waals surface area contributed by atoms with Crippen molar-refractivity contribution in [3.05, 3.63) is 10.7 Å². The molecule has 0 fully saturated rings. The van der Waals surface area contributed by atoms with Gasteiger partial charge in [0.25, 0.3) is 0 Å². The van der Waals surface area contributed by atoms with Crippen LogP contribution in [0.15, 0.2) is 10.7 Å². The quantitative estimate of drug-likeness (QED) is 0.322. The minimum absolute atomic E-state index is 0.0108. The number of carbonyl (C=O) groups is 1. The third-order valence-corrected chi connectivity index (χ3v) is 5.67. The van der Waals surface area contributed by atoms with Gasteiger partial charge in [-0.05, 0) is 34.8 Å². The number of hydrogen-bond acceptors (Lipinski definition) is 3. The molecule has 5 nitrogen and oxygen atoms in total. The summed E-state index contributed by atoms with van der Waals surface area (Å²) in [6.07, 6.45) is 2.39. The minimum Gasteiger partial charge on any atom is -0.359 e. The summed E-state index contributed by atoms with van der Waals surface area (Å²) < 4.78 is 8.06. The molecule has 0 saturated heterocycles. The molecule has 0 saturated carbocycles. The largest absolute Gasteiger partial charge is 0.359 e. The van der Waals surface area contributed by atoms with Crippen molar-refractivity contribution in [1.29, 1.82) is 0 Å². The number of rotatable bonds is 10. The van der Waals surface area contributed by atoms with E-state index in [1.54, 1.807) is 10.7 Å². The third-order valence-electron chi connectivity index (χ3n) is 3.02. The van der Waals surface area contributed by atoms with Gasteiger partial charge in [-0.3, -0.25) is 4.79 Å². The van der Waals surface area contributed by atoms with Gasteiger partial charge in [0.1, 0.15) is 17.2 Å².